The van der Waals surface area contributed by atoms with Crippen LogP contribution in [0.2, 0.25) is 0 Å². The number of hydrogen-bond acceptors (Lipinski definition) is 4. The Kier molecular flexibility index (Phi) is 4.31. The first-order valence-electron chi connectivity index (χ1n) is 3.98. The first kappa shape index (κ1) is 11.9. The lowest BCUT2D eigenvalue weighted by atomic mass is 10.3. The van der Waals surface area contributed by atoms with Crippen molar-refractivity contribution in [3.05, 3.63) is 16.1 Å². The van der Waals surface area contributed by atoms with Crippen LogP contribution in [0.3, 0.4) is 0 Å². The second-order valence-electron chi connectivity index (χ2n) is 2.73. The Balaban J connectivity index is 2.36. The van der Waals surface area contributed by atoms with Crippen molar-refractivity contribution in [3.8, 4) is 0 Å². The summed E-state index contributed by atoms with van der Waals surface area (Å²) in [5, 5.41) is 2.51. The monoisotopic (exact) mass is 254 g/mol. The summed E-state index contributed by atoms with van der Waals surface area (Å²) in [4.78, 5) is 4.21. The summed E-state index contributed by atoms with van der Waals surface area (Å²) in [7, 11) is -3.29. The fourth-order valence-corrected chi connectivity index (χ4v) is 2.27. The molecule has 0 aliphatic heterocycles. The van der Waals surface area contributed by atoms with E-state index >= 15 is 0 Å². The van der Waals surface area contributed by atoms with Gasteiger partial charge in [0, 0.05) is 18.3 Å². The van der Waals surface area contributed by atoms with Gasteiger partial charge in [0.2, 0.25) is 10.0 Å². The molecule has 0 spiro atoms. The van der Waals surface area contributed by atoms with Gasteiger partial charge in [0.1, 0.15) is 5.21 Å². The first-order valence-corrected chi connectivity index (χ1v) is 7.04. The highest BCUT2D eigenvalue weighted by Gasteiger charge is 2.07. The molecule has 80 valence electrons. The highest BCUT2D eigenvalue weighted by atomic mass is 35.5. The van der Waals surface area contributed by atoms with Crippen LogP contribution in [0.5, 0.6) is 0 Å². The van der Waals surface area contributed by atoms with Gasteiger partial charge in [-0.05, 0) is 6.92 Å². The quantitative estimate of drug-likeness (QED) is 0.801. The highest BCUT2D eigenvalue weighted by Crippen LogP contribution is 2.07. The number of sulfonamides is 1. The zero-order valence-corrected chi connectivity index (χ0v) is 10.0. The van der Waals surface area contributed by atoms with Crippen molar-refractivity contribution in [2.75, 3.05) is 11.8 Å². The zero-order chi connectivity index (χ0) is 10.6. The van der Waals surface area contributed by atoms with E-state index in [0.29, 0.717) is 13.0 Å². The molecule has 0 aromatic carbocycles. The van der Waals surface area contributed by atoms with Crippen LogP contribution in [0.15, 0.2) is 5.38 Å². The predicted octanol–water partition coefficient (Wildman–Crippen LogP) is 1.11. The number of hydrogen-bond donors (Lipinski definition) is 1. The van der Waals surface area contributed by atoms with Crippen LogP contribution in [0.1, 0.15) is 10.7 Å². The number of rotatable bonds is 5. The average Bonchev–Trinajstić information content (AvgIpc) is 2.51. The minimum atomic E-state index is -3.29. The van der Waals surface area contributed by atoms with E-state index in [1.165, 1.54) is 0 Å². The summed E-state index contributed by atoms with van der Waals surface area (Å²) in [5.74, 6) is 0. The zero-order valence-electron chi connectivity index (χ0n) is 7.66. The van der Waals surface area contributed by atoms with Gasteiger partial charge < -0.3 is 0 Å². The van der Waals surface area contributed by atoms with E-state index in [1.807, 2.05) is 12.3 Å². The van der Waals surface area contributed by atoms with Gasteiger partial charge in [-0.3, -0.25) is 0 Å². The number of aromatic nitrogens is 1. The fraction of sp³-hybridized carbons (Fsp3) is 0.571. The van der Waals surface area contributed by atoms with Gasteiger partial charge in [0.15, 0.2) is 0 Å². The number of halogens is 1. The molecule has 0 saturated carbocycles. The van der Waals surface area contributed by atoms with Gasteiger partial charge in [-0.1, -0.05) is 0 Å². The summed E-state index contributed by atoms with van der Waals surface area (Å²) < 4.78 is 24.2. The molecular weight excluding hydrogens is 244 g/mol. The van der Waals surface area contributed by atoms with Gasteiger partial charge in [0.25, 0.3) is 0 Å². The maximum Gasteiger partial charge on any atom is 0.225 e. The van der Waals surface area contributed by atoms with E-state index in [2.05, 4.69) is 9.71 Å². The summed E-state index contributed by atoms with van der Waals surface area (Å²) in [6.45, 7) is 2.26. The lowest BCUT2D eigenvalue weighted by molar-refractivity contribution is 0.586. The Hall–Kier alpha value is -0.170. The minimum absolute atomic E-state index is 0.345. The minimum Gasteiger partial charge on any atom is -0.247 e. The Morgan fingerprint density at radius 1 is 1.64 bits per heavy atom. The molecule has 1 heterocycles. The Bertz CT molecular complexity index is 388. The van der Waals surface area contributed by atoms with Crippen LogP contribution in [-0.4, -0.2) is 25.2 Å². The standard InChI is InChI=1S/C7H11ClN2O2S2/c1-6-10-7(4-13-6)2-3-9-14(11,12)5-8/h4,9H,2-3,5H2,1H3. The normalized spacial score (nSPS) is 11.9. The number of nitrogens with zero attached hydrogens (tertiary/aromatic N) is 1. The number of alkyl halides is 1. The molecule has 0 amide bonds. The SMILES string of the molecule is Cc1nc(CCNS(=O)(=O)CCl)cs1. The molecule has 1 rings (SSSR count). The van der Waals surface area contributed by atoms with Crippen molar-refractivity contribution >= 4 is 33.0 Å². The lowest BCUT2D eigenvalue weighted by Gasteiger charge is -2.00. The van der Waals surface area contributed by atoms with Crippen LogP contribution >= 0.6 is 22.9 Å². The predicted molar refractivity (Wildman–Crippen MR) is 58.2 cm³/mol. The van der Waals surface area contributed by atoms with Crippen molar-refractivity contribution in [1.82, 2.24) is 9.71 Å². The van der Waals surface area contributed by atoms with Crippen LogP contribution in [0, 0.1) is 6.92 Å². The third-order valence-electron chi connectivity index (χ3n) is 1.51. The first-order chi connectivity index (χ1) is 6.53. The second kappa shape index (κ2) is 5.06. The van der Waals surface area contributed by atoms with Gasteiger partial charge in [-0.25, -0.2) is 18.1 Å². The molecule has 1 aromatic rings. The van der Waals surface area contributed by atoms with Crippen molar-refractivity contribution < 1.29 is 8.42 Å². The van der Waals surface area contributed by atoms with Gasteiger partial charge in [-0.15, -0.1) is 22.9 Å². The third kappa shape index (κ3) is 3.91. The summed E-state index contributed by atoms with van der Waals surface area (Å²) in [6.07, 6.45) is 0.598. The highest BCUT2D eigenvalue weighted by molar-refractivity contribution is 7.90. The molecule has 0 aliphatic rings. The number of thiazole rings is 1. The van der Waals surface area contributed by atoms with Gasteiger partial charge >= 0.3 is 0 Å². The van der Waals surface area contributed by atoms with Gasteiger partial charge in [0.05, 0.1) is 10.7 Å². The van der Waals surface area contributed by atoms with Crippen LogP contribution < -0.4 is 4.72 Å². The van der Waals surface area contributed by atoms with E-state index in [9.17, 15) is 8.42 Å². The molecule has 0 bridgehead atoms. The summed E-state index contributed by atoms with van der Waals surface area (Å²) in [6, 6.07) is 0. The van der Waals surface area contributed by atoms with Crippen molar-refractivity contribution in [2.24, 2.45) is 0 Å². The van der Waals surface area contributed by atoms with Crippen LogP contribution in [0.25, 0.3) is 0 Å². The molecular formula is C7H11ClN2O2S2. The molecule has 4 nitrogen and oxygen atoms in total. The van der Waals surface area contributed by atoms with E-state index in [1.54, 1.807) is 11.3 Å². The Morgan fingerprint density at radius 3 is 2.86 bits per heavy atom. The molecule has 0 radical (unpaired) electrons. The largest absolute Gasteiger partial charge is 0.247 e. The molecule has 0 saturated heterocycles. The molecule has 0 aliphatic carbocycles. The topological polar surface area (TPSA) is 59.1 Å². The van der Waals surface area contributed by atoms with E-state index < -0.39 is 15.2 Å². The molecule has 0 atom stereocenters. The molecule has 1 aromatic heterocycles. The summed E-state index contributed by atoms with van der Waals surface area (Å²) in [5.41, 5.74) is 0.907. The van der Waals surface area contributed by atoms with Gasteiger partial charge in [-0.2, -0.15) is 0 Å². The van der Waals surface area contributed by atoms with E-state index in [-0.39, 0.29) is 0 Å². The molecule has 14 heavy (non-hydrogen) atoms. The van der Waals surface area contributed by atoms with Crippen molar-refractivity contribution in [2.45, 2.75) is 13.3 Å². The van der Waals surface area contributed by atoms with E-state index in [4.69, 9.17) is 11.6 Å². The average molecular weight is 255 g/mol. The molecule has 1 N–H and O–H groups in total. The fourth-order valence-electron chi connectivity index (χ4n) is 0.896. The van der Waals surface area contributed by atoms with Crippen molar-refractivity contribution in [3.63, 3.8) is 0 Å². The maximum atomic E-state index is 10.9. The second-order valence-corrected chi connectivity index (χ2v) is 6.18. The van der Waals surface area contributed by atoms with Crippen molar-refractivity contribution in [1.29, 1.82) is 0 Å². The number of aryl methyl sites for hydroxylation is 1. The molecule has 0 fully saturated rings. The number of nitrogens with one attached hydrogen (secondary N) is 1. The van der Waals surface area contributed by atoms with E-state index in [0.717, 1.165) is 10.7 Å². The molecule has 7 heteroatoms. The Morgan fingerprint density at radius 2 is 2.36 bits per heavy atom. The summed E-state index contributed by atoms with van der Waals surface area (Å²) >= 11 is 6.77. The smallest absolute Gasteiger partial charge is 0.225 e. The maximum absolute atomic E-state index is 10.9. The third-order valence-corrected chi connectivity index (χ3v) is 4.13. The molecule has 0 unspecified atom stereocenters. The Labute approximate surface area is 92.4 Å². The van der Waals surface area contributed by atoms with Crippen LogP contribution in [0.4, 0.5) is 0 Å². The van der Waals surface area contributed by atoms with Crippen LogP contribution in [-0.2, 0) is 16.4 Å². The lowest BCUT2D eigenvalue weighted by Crippen LogP contribution is -2.26.